The lowest BCUT2D eigenvalue weighted by Gasteiger charge is -2.39. The second-order valence-corrected chi connectivity index (χ2v) is 7.05. The van der Waals surface area contributed by atoms with Gasteiger partial charge >= 0.3 is 0 Å². The molecule has 0 aliphatic carbocycles. The quantitative estimate of drug-likeness (QED) is 0.801. The molecule has 0 spiro atoms. The molecule has 5 nitrogen and oxygen atoms in total. The molecule has 0 radical (unpaired) electrons. The molecule has 0 amide bonds. The molecule has 1 aromatic carbocycles. The Balaban J connectivity index is 1.45. The van der Waals surface area contributed by atoms with Gasteiger partial charge < -0.3 is 14.7 Å². The van der Waals surface area contributed by atoms with E-state index in [1.54, 1.807) is 12.1 Å². The fraction of sp³-hybridized carbons (Fsp3) is 0.217. The maximum Gasteiger partial charge on any atom is 0.128 e. The minimum absolute atomic E-state index is 0.258. The highest BCUT2D eigenvalue weighted by Gasteiger charge is 2.25. The van der Waals surface area contributed by atoms with Gasteiger partial charge in [0.15, 0.2) is 0 Å². The van der Waals surface area contributed by atoms with E-state index in [0.717, 1.165) is 43.3 Å². The molecule has 29 heavy (non-hydrogen) atoms. The fourth-order valence-corrected chi connectivity index (χ4v) is 3.66. The van der Waals surface area contributed by atoms with Crippen LogP contribution in [0.3, 0.4) is 0 Å². The normalized spacial score (nSPS) is 17.0. The summed E-state index contributed by atoms with van der Waals surface area (Å²) in [5, 5.41) is 9.79. The SMILES string of the molecule is C=C1C(C#N)=C(N2CCN(c3ccccn3)CC2)C=CN1Cc1ccc(F)cc1. The Morgan fingerprint density at radius 1 is 1.03 bits per heavy atom. The smallest absolute Gasteiger partial charge is 0.128 e. The molecule has 6 heteroatoms. The molecule has 146 valence electrons. The summed E-state index contributed by atoms with van der Waals surface area (Å²) in [7, 11) is 0. The van der Waals surface area contributed by atoms with Crippen LogP contribution in [0, 0.1) is 17.1 Å². The van der Waals surface area contributed by atoms with Gasteiger partial charge in [-0.05, 0) is 35.9 Å². The summed E-state index contributed by atoms with van der Waals surface area (Å²) in [6.07, 6.45) is 5.74. The average Bonchev–Trinajstić information content (AvgIpc) is 2.77. The van der Waals surface area contributed by atoms with Crippen LogP contribution in [-0.2, 0) is 6.54 Å². The molecule has 4 rings (SSSR count). The molecule has 0 atom stereocenters. The Bertz CT molecular complexity index is 980. The van der Waals surface area contributed by atoms with Crippen molar-refractivity contribution >= 4 is 5.82 Å². The summed E-state index contributed by atoms with van der Waals surface area (Å²) in [6, 6.07) is 14.6. The molecular formula is C23H22FN5. The number of rotatable bonds is 4. The van der Waals surface area contributed by atoms with Crippen LogP contribution in [-0.4, -0.2) is 41.0 Å². The number of allylic oxidation sites excluding steroid dienone is 2. The van der Waals surface area contributed by atoms with Crippen molar-refractivity contribution in [2.45, 2.75) is 6.54 Å². The minimum Gasteiger partial charge on any atom is -0.367 e. The molecule has 2 aliphatic heterocycles. The molecule has 0 N–H and O–H groups in total. The maximum atomic E-state index is 13.1. The van der Waals surface area contributed by atoms with Crippen LogP contribution in [0.15, 0.2) is 84.5 Å². The minimum atomic E-state index is -0.258. The highest BCUT2D eigenvalue weighted by Crippen LogP contribution is 2.28. The summed E-state index contributed by atoms with van der Waals surface area (Å²) in [6.45, 7) is 8.00. The van der Waals surface area contributed by atoms with Gasteiger partial charge in [0.05, 0.1) is 17.0 Å². The monoisotopic (exact) mass is 387 g/mol. The number of nitriles is 1. The topological polar surface area (TPSA) is 46.4 Å². The number of pyridine rings is 1. The van der Waals surface area contributed by atoms with E-state index in [0.29, 0.717) is 17.8 Å². The van der Waals surface area contributed by atoms with E-state index < -0.39 is 0 Å². The molecule has 3 heterocycles. The number of piperazine rings is 1. The Morgan fingerprint density at radius 2 is 1.76 bits per heavy atom. The Labute approximate surface area is 170 Å². The van der Waals surface area contributed by atoms with E-state index in [-0.39, 0.29) is 5.82 Å². The van der Waals surface area contributed by atoms with E-state index in [1.807, 2.05) is 41.6 Å². The number of hydrogen-bond donors (Lipinski definition) is 0. The molecule has 0 unspecified atom stereocenters. The number of halogens is 1. The first-order valence-electron chi connectivity index (χ1n) is 9.59. The standard InChI is InChI=1S/C23H22FN5/c1-18-21(16-25)22(9-11-29(18)17-19-5-7-20(24)8-6-19)27-12-14-28(15-13-27)23-4-2-3-10-26-23/h2-11H,1,12-15,17H2. The zero-order valence-corrected chi connectivity index (χ0v) is 16.1. The Kier molecular flexibility index (Phi) is 5.30. The first-order chi connectivity index (χ1) is 14.2. The lowest BCUT2D eigenvalue weighted by atomic mass is 10.0. The van der Waals surface area contributed by atoms with Gasteiger partial charge in [-0.2, -0.15) is 5.26 Å². The average molecular weight is 387 g/mol. The molecule has 1 saturated heterocycles. The second kappa shape index (κ2) is 8.19. The predicted molar refractivity (Wildman–Crippen MR) is 111 cm³/mol. The predicted octanol–water partition coefficient (Wildman–Crippen LogP) is 3.66. The maximum absolute atomic E-state index is 13.1. The third-order valence-corrected chi connectivity index (χ3v) is 5.28. The summed E-state index contributed by atoms with van der Waals surface area (Å²) in [4.78, 5) is 10.8. The molecule has 0 bridgehead atoms. The van der Waals surface area contributed by atoms with Gasteiger partial charge in [0.1, 0.15) is 17.7 Å². The molecule has 0 saturated carbocycles. The summed E-state index contributed by atoms with van der Waals surface area (Å²) < 4.78 is 13.1. The molecular weight excluding hydrogens is 365 g/mol. The summed E-state index contributed by atoms with van der Waals surface area (Å²) >= 11 is 0. The molecule has 2 aromatic rings. The zero-order valence-electron chi connectivity index (χ0n) is 16.1. The van der Waals surface area contributed by atoms with Gasteiger partial charge in [-0.3, -0.25) is 0 Å². The van der Waals surface area contributed by atoms with Crippen LogP contribution < -0.4 is 4.90 Å². The van der Waals surface area contributed by atoms with E-state index in [2.05, 4.69) is 27.4 Å². The van der Waals surface area contributed by atoms with Crippen molar-refractivity contribution in [1.82, 2.24) is 14.8 Å². The number of hydrogen-bond acceptors (Lipinski definition) is 5. The van der Waals surface area contributed by atoms with Crippen molar-refractivity contribution in [2.75, 3.05) is 31.1 Å². The highest BCUT2D eigenvalue weighted by molar-refractivity contribution is 5.51. The van der Waals surface area contributed by atoms with Crippen LogP contribution in [0.1, 0.15) is 5.56 Å². The van der Waals surface area contributed by atoms with Crippen molar-refractivity contribution in [3.63, 3.8) is 0 Å². The van der Waals surface area contributed by atoms with E-state index >= 15 is 0 Å². The van der Waals surface area contributed by atoms with Crippen LogP contribution >= 0.6 is 0 Å². The van der Waals surface area contributed by atoms with Crippen LogP contribution in [0.2, 0.25) is 0 Å². The zero-order chi connectivity index (χ0) is 20.2. The van der Waals surface area contributed by atoms with Gasteiger partial charge in [-0.25, -0.2) is 9.37 Å². The number of nitrogens with zero attached hydrogens (tertiary/aromatic N) is 5. The largest absolute Gasteiger partial charge is 0.367 e. The van der Waals surface area contributed by atoms with Crippen molar-refractivity contribution in [1.29, 1.82) is 5.26 Å². The van der Waals surface area contributed by atoms with Crippen LogP contribution in [0.25, 0.3) is 0 Å². The molecule has 1 fully saturated rings. The van der Waals surface area contributed by atoms with Gasteiger partial charge in [0.2, 0.25) is 0 Å². The molecule has 1 aromatic heterocycles. The van der Waals surface area contributed by atoms with Gasteiger partial charge in [-0.15, -0.1) is 0 Å². The second-order valence-electron chi connectivity index (χ2n) is 7.05. The Morgan fingerprint density at radius 3 is 2.41 bits per heavy atom. The molecule has 2 aliphatic rings. The highest BCUT2D eigenvalue weighted by atomic mass is 19.1. The van der Waals surface area contributed by atoms with Gasteiger partial charge in [-0.1, -0.05) is 24.8 Å². The number of benzene rings is 1. The fourth-order valence-electron chi connectivity index (χ4n) is 3.66. The Hall–Kier alpha value is -3.59. The van der Waals surface area contributed by atoms with Crippen molar-refractivity contribution < 1.29 is 4.39 Å². The van der Waals surface area contributed by atoms with Crippen LogP contribution in [0.4, 0.5) is 10.2 Å². The summed E-state index contributed by atoms with van der Waals surface area (Å²) in [5.41, 5.74) is 3.12. The van der Waals surface area contributed by atoms with Crippen molar-refractivity contribution in [3.05, 3.63) is 95.9 Å². The first-order valence-corrected chi connectivity index (χ1v) is 9.59. The lowest BCUT2D eigenvalue weighted by molar-refractivity contribution is 0.322. The van der Waals surface area contributed by atoms with E-state index in [4.69, 9.17) is 0 Å². The van der Waals surface area contributed by atoms with Gasteiger partial charge in [0, 0.05) is 45.1 Å². The van der Waals surface area contributed by atoms with Crippen molar-refractivity contribution in [2.24, 2.45) is 0 Å². The van der Waals surface area contributed by atoms with E-state index in [1.165, 1.54) is 12.1 Å². The van der Waals surface area contributed by atoms with Crippen LogP contribution in [0.5, 0.6) is 0 Å². The van der Waals surface area contributed by atoms with Crippen molar-refractivity contribution in [3.8, 4) is 6.07 Å². The lowest BCUT2D eigenvalue weighted by Crippen LogP contribution is -2.46. The first kappa shape index (κ1) is 18.8. The number of anilines is 1. The van der Waals surface area contributed by atoms with Gasteiger partial charge in [0.25, 0.3) is 0 Å². The van der Waals surface area contributed by atoms with E-state index in [9.17, 15) is 9.65 Å². The third-order valence-electron chi connectivity index (χ3n) is 5.28. The third kappa shape index (κ3) is 3.99. The summed E-state index contributed by atoms with van der Waals surface area (Å²) in [5.74, 6) is 0.724. The number of aromatic nitrogens is 1.